The number of hydrogen-bond acceptors (Lipinski definition) is 1. The molecule has 0 rings (SSSR count). The fraction of sp³-hybridized carbons (Fsp3) is 0.833. The van der Waals surface area contributed by atoms with Crippen LogP contribution in [0.25, 0.3) is 0 Å². The normalized spacial score (nSPS) is 10.6. The molecule has 4 heteroatoms. The Bertz CT molecular complexity index is 119. The maximum Gasteiger partial charge on any atom is 0.315 e. The van der Waals surface area contributed by atoms with Crippen LogP contribution in [0.2, 0.25) is 0 Å². The first-order valence-corrected chi connectivity index (χ1v) is 3.10. The van der Waals surface area contributed by atoms with Crippen molar-refractivity contribution in [2.24, 2.45) is 5.92 Å². The lowest BCUT2D eigenvalue weighted by molar-refractivity contribution is -0.131. The Morgan fingerprint density at radius 1 is 1.60 bits per heavy atom. The minimum Gasteiger partial charge on any atom is -0.351 e. The van der Waals surface area contributed by atoms with Gasteiger partial charge in [-0.05, 0) is 5.92 Å². The molecule has 10 heavy (non-hydrogen) atoms. The predicted molar refractivity (Wildman–Crippen MR) is 36.0 cm³/mol. The molecule has 1 amide bonds. The van der Waals surface area contributed by atoms with E-state index in [1.54, 1.807) is 0 Å². The van der Waals surface area contributed by atoms with Gasteiger partial charge in [-0.1, -0.05) is 13.8 Å². The molecule has 0 aromatic carbocycles. The smallest absolute Gasteiger partial charge is 0.315 e. The Morgan fingerprint density at radius 3 is 2.40 bits per heavy atom. The number of carbonyl (C=O) groups is 1. The van der Waals surface area contributed by atoms with Gasteiger partial charge in [0.1, 0.15) is 0 Å². The molecule has 0 aliphatic heterocycles. The Hall–Kier alpha value is -0.670. The zero-order valence-corrected chi connectivity index (χ0v) is 6.03. The van der Waals surface area contributed by atoms with E-state index in [2.05, 4.69) is 5.32 Å². The van der Waals surface area contributed by atoms with Gasteiger partial charge in [0.15, 0.2) is 0 Å². The van der Waals surface area contributed by atoms with Gasteiger partial charge in [0, 0.05) is 7.97 Å². The summed E-state index contributed by atoms with van der Waals surface area (Å²) in [6.07, 6.45) is -2.89. The van der Waals surface area contributed by atoms with Crippen LogP contribution in [-0.2, 0) is 4.79 Å². The SMILES string of the molecule is CC(C)CNC(=O)C(F)F.[HH]. The zero-order chi connectivity index (χ0) is 8.15. The van der Waals surface area contributed by atoms with Crippen LogP contribution in [0.3, 0.4) is 0 Å². The van der Waals surface area contributed by atoms with E-state index in [4.69, 9.17) is 0 Å². The van der Waals surface area contributed by atoms with Gasteiger partial charge < -0.3 is 5.32 Å². The van der Waals surface area contributed by atoms with E-state index in [1.165, 1.54) is 0 Å². The van der Waals surface area contributed by atoms with Crippen LogP contribution in [-0.4, -0.2) is 18.9 Å². The largest absolute Gasteiger partial charge is 0.351 e. The highest BCUT2D eigenvalue weighted by Gasteiger charge is 2.13. The third kappa shape index (κ3) is 4.23. The molecule has 0 fully saturated rings. The lowest BCUT2D eigenvalue weighted by atomic mass is 10.2. The average Bonchev–Trinajstić information content (AvgIpc) is 1.82. The van der Waals surface area contributed by atoms with Gasteiger partial charge in [-0.3, -0.25) is 4.79 Å². The maximum absolute atomic E-state index is 11.5. The van der Waals surface area contributed by atoms with Crippen molar-refractivity contribution in [3.05, 3.63) is 0 Å². The van der Waals surface area contributed by atoms with Crippen molar-refractivity contribution in [3.63, 3.8) is 0 Å². The summed E-state index contributed by atoms with van der Waals surface area (Å²) in [6.45, 7) is 3.99. The van der Waals surface area contributed by atoms with Gasteiger partial charge in [-0.25, -0.2) is 0 Å². The minimum absolute atomic E-state index is 0. The van der Waals surface area contributed by atoms with E-state index in [-0.39, 0.29) is 7.34 Å². The summed E-state index contributed by atoms with van der Waals surface area (Å²) in [7, 11) is 0. The van der Waals surface area contributed by atoms with Crippen molar-refractivity contribution < 1.29 is 15.0 Å². The number of alkyl halides is 2. The minimum atomic E-state index is -2.89. The lowest BCUT2D eigenvalue weighted by Crippen LogP contribution is -2.32. The van der Waals surface area contributed by atoms with Crippen molar-refractivity contribution in [3.8, 4) is 0 Å². The average molecular weight is 153 g/mol. The van der Waals surface area contributed by atoms with Gasteiger partial charge in [0.05, 0.1) is 0 Å². The standard InChI is InChI=1S/C6H11F2NO.H2/c1-4(2)3-9-6(10)5(7)8;/h4-5H,3H2,1-2H3,(H,9,10);1H. The van der Waals surface area contributed by atoms with Crippen molar-refractivity contribution in [1.29, 1.82) is 0 Å². The lowest BCUT2D eigenvalue weighted by Gasteiger charge is -2.05. The fourth-order valence-corrected chi connectivity index (χ4v) is 0.382. The van der Waals surface area contributed by atoms with Crippen LogP contribution < -0.4 is 5.32 Å². The van der Waals surface area contributed by atoms with Crippen molar-refractivity contribution in [1.82, 2.24) is 5.32 Å². The molecule has 0 aliphatic rings. The van der Waals surface area contributed by atoms with E-state index in [1.807, 2.05) is 13.8 Å². The number of nitrogens with one attached hydrogen (secondary N) is 1. The molecule has 0 heterocycles. The van der Waals surface area contributed by atoms with Crippen molar-refractivity contribution >= 4 is 5.91 Å². The van der Waals surface area contributed by atoms with Crippen LogP contribution in [0.5, 0.6) is 0 Å². The Balaban J connectivity index is 0. The van der Waals surface area contributed by atoms with Crippen LogP contribution in [0.15, 0.2) is 0 Å². The second-order valence-electron chi connectivity index (χ2n) is 2.44. The van der Waals surface area contributed by atoms with Gasteiger partial charge in [-0.2, -0.15) is 8.78 Å². The summed E-state index contributed by atoms with van der Waals surface area (Å²) in [4.78, 5) is 10.2. The summed E-state index contributed by atoms with van der Waals surface area (Å²) < 4.78 is 22.9. The molecular formula is C6H13F2NO. The predicted octanol–water partition coefficient (Wildman–Crippen LogP) is 1.27. The summed E-state index contributed by atoms with van der Waals surface area (Å²) in [5, 5.41) is 2.09. The first kappa shape index (κ1) is 9.33. The van der Waals surface area contributed by atoms with Crippen molar-refractivity contribution in [2.45, 2.75) is 20.3 Å². The number of rotatable bonds is 3. The highest BCUT2D eigenvalue weighted by molar-refractivity contribution is 5.78. The fourth-order valence-electron chi connectivity index (χ4n) is 0.382. The molecule has 1 N–H and O–H groups in total. The molecule has 0 aromatic rings. The number of carbonyl (C=O) groups excluding carboxylic acids is 1. The first-order chi connectivity index (χ1) is 4.54. The monoisotopic (exact) mass is 153 g/mol. The Kier molecular flexibility index (Phi) is 3.91. The van der Waals surface area contributed by atoms with Crippen LogP contribution in [0.1, 0.15) is 15.3 Å². The number of halogens is 2. The van der Waals surface area contributed by atoms with Gasteiger partial charge in [-0.15, -0.1) is 0 Å². The van der Waals surface area contributed by atoms with Gasteiger partial charge in [0.2, 0.25) is 0 Å². The van der Waals surface area contributed by atoms with E-state index in [9.17, 15) is 13.6 Å². The Morgan fingerprint density at radius 2 is 2.10 bits per heavy atom. The molecule has 0 atom stereocenters. The van der Waals surface area contributed by atoms with E-state index in [0.717, 1.165) is 0 Å². The number of hydrogen-bond donors (Lipinski definition) is 1. The quantitative estimate of drug-likeness (QED) is 0.650. The van der Waals surface area contributed by atoms with E-state index < -0.39 is 12.3 Å². The highest BCUT2D eigenvalue weighted by atomic mass is 19.3. The van der Waals surface area contributed by atoms with Crippen LogP contribution >= 0.6 is 0 Å². The van der Waals surface area contributed by atoms with Gasteiger partial charge >= 0.3 is 6.43 Å². The zero-order valence-electron chi connectivity index (χ0n) is 6.03. The highest BCUT2D eigenvalue weighted by Crippen LogP contribution is 1.92. The molecule has 0 radical (unpaired) electrons. The number of amides is 1. The van der Waals surface area contributed by atoms with Crippen molar-refractivity contribution in [2.75, 3.05) is 6.54 Å². The van der Waals surface area contributed by atoms with Crippen LogP contribution in [0, 0.1) is 5.92 Å². The summed E-state index contributed by atoms with van der Waals surface area (Å²) in [6, 6.07) is 0. The summed E-state index contributed by atoms with van der Waals surface area (Å²) >= 11 is 0. The third-order valence-electron chi connectivity index (χ3n) is 0.883. The molecule has 0 bridgehead atoms. The first-order valence-electron chi connectivity index (χ1n) is 3.10. The molecule has 0 aromatic heterocycles. The molecule has 62 valence electrons. The summed E-state index contributed by atoms with van der Waals surface area (Å²) in [5.74, 6) is -0.976. The Labute approximate surface area is 60.1 Å². The topological polar surface area (TPSA) is 29.1 Å². The molecule has 0 unspecified atom stereocenters. The molecule has 0 saturated carbocycles. The van der Waals surface area contributed by atoms with Gasteiger partial charge in [0.25, 0.3) is 5.91 Å². The second kappa shape index (κ2) is 4.19. The summed E-state index contributed by atoms with van der Waals surface area (Å²) in [5.41, 5.74) is 0. The van der Waals surface area contributed by atoms with Crippen LogP contribution in [0.4, 0.5) is 8.78 Å². The molecule has 0 aliphatic carbocycles. The van der Waals surface area contributed by atoms with E-state index >= 15 is 0 Å². The van der Waals surface area contributed by atoms with E-state index in [0.29, 0.717) is 6.54 Å². The molecular weight excluding hydrogens is 140 g/mol. The maximum atomic E-state index is 11.5. The molecule has 2 nitrogen and oxygen atoms in total. The molecule has 0 spiro atoms. The second-order valence-corrected chi connectivity index (χ2v) is 2.44. The third-order valence-corrected chi connectivity index (χ3v) is 0.883. The molecule has 0 saturated heterocycles.